The topological polar surface area (TPSA) is 100 Å². The van der Waals surface area contributed by atoms with Gasteiger partial charge in [-0.3, -0.25) is 0 Å². The molecule has 10 heteroatoms. The Morgan fingerprint density at radius 1 is 1.21 bits per heavy atom. The van der Waals surface area contributed by atoms with E-state index in [-0.39, 0.29) is 18.0 Å². The van der Waals surface area contributed by atoms with Gasteiger partial charge in [-0.2, -0.15) is 9.38 Å². The van der Waals surface area contributed by atoms with Gasteiger partial charge in [0.05, 0.1) is 17.0 Å². The molecule has 0 unspecified atom stereocenters. The van der Waals surface area contributed by atoms with E-state index >= 15 is 0 Å². The summed E-state index contributed by atoms with van der Waals surface area (Å²) in [6, 6.07) is 12.4. The lowest BCUT2D eigenvalue weighted by molar-refractivity contribution is -0.707. The van der Waals surface area contributed by atoms with Gasteiger partial charge >= 0.3 is 5.56 Å². The molecule has 164 valence electrons. The van der Waals surface area contributed by atoms with Crippen LogP contribution in [-0.2, 0) is 6.54 Å². The predicted octanol–water partition coefficient (Wildman–Crippen LogP) is 3.41. The van der Waals surface area contributed by atoms with Crippen molar-refractivity contribution in [3.8, 4) is 28.4 Å². The van der Waals surface area contributed by atoms with E-state index in [1.165, 1.54) is 15.7 Å². The summed E-state index contributed by atoms with van der Waals surface area (Å²) in [5.74, 6) is 1.03. The summed E-state index contributed by atoms with van der Waals surface area (Å²) >= 11 is 7.28. The first-order valence-electron chi connectivity index (χ1n) is 10.4. The first-order valence-corrected chi connectivity index (χ1v) is 11.6. The number of thiazole rings is 1. The van der Waals surface area contributed by atoms with Crippen LogP contribution < -0.4 is 15.2 Å². The van der Waals surface area contributed by atoms with Crippen molar-refractivity contribution >= 4 is 28.6 Å². The minimum absolute atomic E-state index is 0.0714. The third-order valence-corrected chi connectivity index (χ3v) is 6.72. The lowest BCUT2D eigenvalue weighted by Crippen LogP contribution is -2.44. The first-order chi connectivity index (χ1) is 16.1. The largest absolute Gasteiger partial charge is 0.842 e. The number of nitrogens with zero attached hydrogens (tertiary/aromatic N) is 5. The van der Waals surface area contributed by atoms with Crippen molar-refractivity contribution in [2.75, 3.05) is 0 Å². The molecule has 0 atom stereocenters. The standard InChI is InChI=1S/C23H16ClN5O3S/c24-23-25-11-16(33-23)12-29-17-6-1-2-9-28(17)21(30)18(22(29)31)14-4-3-5-15(10-14)19-26-20(32-27-19)13-7-8-13/h1-6,9-11,13H,7-8,12H2. The van der Waals surface area contributed by atoms with E-state index in [4.69, 9.17) is 16.1 Å². The molecule has 0 radical (unpaired) electrons. The van der Waals surface area contributed by atoms with Gasteiger partial charge in [-0.15, -0.1) is 11.3 Å². The fraction of sp³-hybridized carbons (Fsp3) is 0.174. The van der Waals surface area contributed by atoms with E-state index in [9.17, 15) is 9.90 Å². The van der Waals surface area contributed by atoms with Gasteiger partial charge in [0, 0.05) is 23.7 Å². The molecule has 8 nitrogen and oxygen atoms in total. The fourth-order valence-corrected chi connectivity index (χ4v) is 4.82. The van der Waals surface area contributed by atoms with Crippen LogP contribution in [0.1, 0.15) is 29.5 Å². The van der Waals surface area contributed by atoms with Crippen molar-refractivity contribution in [1.29, 1.82) is 0 Å². The number of benzene rings is 1. The van der Waals surface area contributed by atoms with Gasteiger partial charge in [-0.05, 0) is 30.5 Å². The molecule has 1 aromatic carbocycles. The monoisotopic (exact) mass is 477 g/mol. The minimum atomic E-state index is -0.391. The molecule has 1 fully saturated rings. The molecule has 0 N–H and O–H groups in total. The van der Waals surface area contributed by atoms with Gasteiger partial charge in [0.2, 0.25) is 11.7 Å². The van der Waals surface area contributed by atoms with Gasteiger partial charge in [0.15, 0.2) is 4.47 Å². The molecule has 1 saturated carbocycles. The molecule has 0 aliphatic heterocycles. The second-order valence-corrected chi connectivity index (χ2v) is 9.59. The maximum absolute atomic E-state index is 13.6. The third-order valence-electron chi connectivity index (χ3n) is 5.62. The third kappa shape index (κ3) is 3.59. The van der Waals surface area contributed by atoms with Crippen LogP contribution in [0.25, 0.3) is 28.2 Å². The average molecular weight is 478 g/mol. The quantitative estimate of drug-likeness (QED) is 0.359. The van der Waals surface area contributed by atoms with Gasteiger partial charge < -0.3 is 9.63 Å². The first kappa shape index (κ1) is 20.1. The molecule has 0 saturated heterocycles. The van der Waals surface area contributed by atoms with Crippen LogP contribution in [0, 0.1) is 0 Å². The molecule has 1 aliphatic carbocycles. The van der Waals surface area contributed by atoms with Crippen LogP contribution in [0.15, 0.2) is 64.2 Å². The van der Waals surface area contributed by atoms with Crippen molar-refractivity contribution in [1.82, 2.24) is 19.5 Å². The SMILES string of the molecule is O=c1c(-c2cccc(-c3noc(C4CC4)n3)c2)c([O-])[n+](Cc2cnc(Cl)s2)c2ccccn12. The van der Waals surface area contributed by atoms with Gasteiger partial charge in [-0.25, -0.2) is 14.3 Å². The summed E-state index contributed by atoms with van der Waals surface area (Å²) in [7, 11) is 0. The lowest BCUT2D eigenvalue weighted by Gasteiger charge is -2.16. The summed E-state index contributed by atoms with van der Waals surface area (Å²) in [5, 5.41) is 17.7. The minimum Gasteiger partial charge on any atom is -0.842 e. The Morgan fingerprint density at radius 3 is 2.85 bits per heavy atom. The molecule has 0 spiro atoms. The number of pyridine rings is 1. The summed E-state index contributed by atoms with van der Waals surface area (Å²) < 4.78 is 8.81. The van der Waals surface area contributed by atoms with E-state index < -0.39 is 5.56 Å². The maximum atomic E-state index is 13.6. The Balaban J connectivity index is 1.51. The highest BCUT2D eigenvalue weighted by Gasteiger charge is 2.30. The van der Waals surface area contributed by atoms with Crippen LogP contribution in [0.4, 0.5) is 0 Å². The van der Waals surface area contributed by atoms with Gasteiger partial charge in [0.25, 0.3) is 5.65 Å². The van der Waals surface area contributed by atoms with Crippen molar-refractivity contribution in [2.24, 2.45) is 0 Å². The van der Waals surface area contributed by atoms with Crippen LogP contribution in [-0.4, -0.2) is 19.5 Å². The molecule has 33 heavy (non-hydrogen) atoms. The number of aromatic nitrogens is 5. The zero-order valence-electron chi connectivity index (χ0n) is 17.1. The molecule has 5 aromatic rings. The Kier molecular flexibility index (Phi) is 4.74. The number of hydrogen-bond acceptors (Lipinski definition) is 7. The maximum Gasteiger partial charge on any atom is 0.349 e. The summed E-state index contributed by atoms with van der Waals surface area (Å²) in [6.07, 6.45) is 5.40. The highest BCUT2D eigenvalue weighted by Crippen LogP contribution is 2.39. The Labute approximate surface area is 196 Å². The van der Waals surface area contributed by atoms with E-state index in [0.29, 0.717) is 38.9 Å². The molecular weight excluding hydrogens is 462 g/mol. The molecule has 0 amide bonds. The molecule has 0 bridgehead atoms. The summed E-state index contributed by atoms with van der Waals surface area (Å²) in [6.45, 7) is 0.249. The highest BCUT2D eigenvalue weighted by atomic mass is 35.5. The second kappa shape index (κ2) is 7.79. The lowest BCUT2D eigenvalue weighted by atomic mass is 10.0. The second-order valence-electron chi connectivity index (χ2n) is 7.89. The van der Waals surface area contributed by atoms with E-state index in [1.54, 1.807) is 53.4 Å². The van der Waals surface area contributed by atoms with Crippen molar-refractivity contribution in [2.45, 2.75) is 25.3 Å². The van der Waals surface area contributed by atoms with Gasteiger partial charge in [0.1, 0.15) is 12.1 Å². The van der Waals surface area contributed by atoms with E-state index in [1.807, 2.05) is 6.07 Å². The van der Waals surface area contributed by atoms with Crippen molar-refractivity contribution < 1.29 is 14.2 Å². The molecule has 6 rings (SSSR count). The predicted molar refractivity (Wildman–Crippen MR) is 120 cm³/mol. The number of fused-ring (bicyclic) bond motifs is 1. The Morgan fingerprint density at radius 2 is 2.06 bits per heavy atom. The number of hydrogen-bond donors (Lipinski definition) is 0. The zero-order chi connectivity index (χ0) is 22.5. The molecule has 4 heterocycles. The van der Waals surface area contributed by atoms with Crippen LogP contribution in [0.3, 0.4) is 0 Å². The number of halogens is 1. The number of rotatable bonds is 5. The highest BCUT2D eigenvalue weighted by molar-refractivity contribution is 7.15. The van der Waals surface area contributed by atoms with Crippen LogP contribution in [0.5, 0.6) is 5.88 Å². The molecule has 1 aliphatic rings. The average Bonchev–Trinajstić information content (AvgIpc) is 3.41. The van der Waals surface area contributed by atoms with Crippen molar-refractivity contribution in [3.05, 3.63) is 80.4 Å². The van der Waals surface area contributed by atoms with Crippen LogP contribution in [0.2, 0.25) is 4.47 Å². The Bertz CT molecular complexity index is 1570. The van der Waals surface area contributed by atoms with Gasteiger partial charge in [-0.1, -0.05) is 41.0 Å². The summed E-state index contributed by atoms with van der Waals surface area (Å²) in [5.41, 5.74) is 1.35. The summed E-state index contributed by atoms with van der Waals surface area (Å²) in [4.78, 5) is 22.7. The fourth-order valence-electron chi connectivity index (χ4n) is 3.85. The molecule has 4 aromatic heterocycles. The molecular formula is C23H16ClN5O3S. The van der Waals surface area contributed by atoms with Crippen LogP contribution >= 0.6 is 22.9 Å². The normalized spacial score (nSPS) is 13.6. The smallest absolute Gasteiger partial charge is 0.349 e. The Hall–Kier alpha value is -3.56. The zero-order valence-corrected chi connectivity index (χ0v) is 18.7. The van der Waals surface area contributed by atoms with E-state index in [2.05, 4.69) is 15.1 Å². The van der Waals surface area contributed by atoms with E-state index in [0.717, 1.165) is 17.7 Å². The van der Waals surface area contributed by atoms with Crippen molar-refractivity contribution in [3.63, 3.8) is 0 Å².